The molecular formula is C23H19ClN4O. The number of benzene rings is 3. The highest BCUT2D eigenvalue weighted by Gasteiger charge is 2.08. The lowest BCUT2D eigenvalue weighted by atomic mass is 10.0. The maximum atomic E-state index is 6.37. The van der Waals surface area contributed by atoms with Crippen LogP contribution < -0.4 is 5.32 Å². The highest BCUT2D eigenvalue weighted by Crippen LogP contribution is 2.30. The maximum Gasteiger partial charge on any atom is 0.205 e. The summed E-state index contributed by atoms with van der Waals surface area (Å²) < 4.78 is 5.24. The first kappa shape index (κ1) is 17.8. The number of aromatic nitrogens is 3. The Hall–Kier alpha value is -3.28. The number of rotatable bonds is 5. The Bertz CT molecular complexity index is 1320. The van der Waals surface area contributed by atoms with E-state index in [0.29, 0.717) is 17.6 Å². The molecule has 144 valence electrons. The Morgan fingerprint density at radius 1 is 1.00 bits per heavy atom. The van der Waals surface area contributed by atoms with Gasteiger partial charge in [-0.15, -0.1) is 0 Å². The second kappa shape index (κ2) is 7.28. The number of aromatic amines is 2. The summed E-state index contributed by atoms with van der Waals surface area (Å²) in [6.07, 6.45) is 1.88. The molecular weight excluding hydrogens is 384 g/mol. The molecule has 0 spiro atoms. The molecule has 5 aromatic rings. The minimum absolute atomic E-state index is 0.599. The second-order valence-electron chi connectivity index (χ2n) is 6.97. The van der Waals surface area contributed by atoms with E-state index in [4.69, 9.17) is 16.3 Å². The molecule has 0 aliphatic heterocycles. The largest absolute Gasteiger partial charge is 0.380 e. The summed E-state index contributed by atoms with van der Waals surface area (Å²) in [6.45, 7) is 0.599. The van der Waals surface area contributed by atoms with Crippen molar-refractivity contribution in [3.63, 3.8) is 0 Å². The highest BCUT2D eigenvalue weighted by atomic mass is 35.5. The van der Waals surface area contributed by atoms with Crippen molar-refractivity contribution < 1.29 is 4.74 Å². The van der Waals surface area contributed by atoms with Gasteiger partial charge in [-0.05, 0) is 53.1 Å². The van der Waals surface area contributed by atoms with Crippen LogP contribution in [0, 0.1) is 0 Å². The number of nitrogens with zero attached hydrogens (tertiary/aromatic N) is 1. The first-order valence-electron chi connectivity index (χ1n) is 9.31. The molecule has 0 amide bonds. The van der Waals surface area contributed by atoms with Gasteiger partial charge in [-0.3, -0.25) is 0 Å². The second-order valence-corrected chi connectivity index (χ2v) is 7.38. The number of H-pyrrole nitrogens is 2. The normalized spacial score (nSPS) is 11.4. The standard InChI is InChI=1S/C23H19ClN4O/c1-29-13-14-3-2-4-15(9-14)16-5-6-20-22(10-16)28-23(27-20)26-17-11-19(24)18-7-8-25-21(18)12-17/h2-12,25H,13H2,1H3,(H2,26,27,28). The topological polar surface area (TPSA) is 65.7 Å². The minimum atomic E-state index is 0.599. The first-order chi connectivity index (χ1) is 14.2. The molecule has 0 aliphatic carbocycles. The van der Waals surface area contributed by atoms with Crippen molar-refractivity contribution in [2.75, 3.05) is 12.4 Å². The average molecular weight is 403 g/mol. The van der Waals surface area contributed by atoms with Crippen LogP contribution in [0.1, 0.15) is 5.56 Å². The molecule has 3 aromatic carbocycles. The van der Waals surface area contributed by atoms with Gasteiger partial charge in [0.05, 0.1) is 22.7 Å². The molecule has 6 heteroatoms. The Morgan fingerprint density at radius 3 is 2.79 bits per heavy atom. The number of fused-ring (bicyclic) bond motifs is 2. The van der Waals surface area contributed by atoms with E-state index in [1.54, 1.807) is 7.11 Å². The molecule has 29 heavy (non-hydrogen) atoms. The van der Waals surface area contributed by atoms with Gasteiger partial charge in [0.1, 0.15) is 0 Å². The van der Waals surface area contributed by atoms with Crippen molar-refractivity contribution in [1.82, 2.24) is 15.0 Å². The van der Waals surface area contributed by atoms with Gasteiger partial charge in [-0.2, -0.15) is 0 Å². The number of hydrogen-bond acceptors (Lipinski definition) is 3. The van der Waals surface area contributed by atoms with Crippen molar-refractivity contribution in [3.05, 3.63) is 77.4 Å². The summed E-state index contributed by atoms with van der Waals surface area (Å²) in [5, 5.41) is 5.01. The molecule has 0 fully saturated rings. The number of nitrogens with one attached hydrogen (secondary N) is 3. The van der Waals surface area contributed by atoms with Crippen molar-refractivity contribution in [3.8, 4) is 11.1 Å². The molecule has 0 bridgehead atoms. The van der Waals surface area contributed by atoms with Crippen LogP contribution in [0.5, 0.6) is 0 Å². The summed E-state index contributed by atoms with van der Waals surface area (Å²) in [6, 6.07) is 20.5. The number of anilines is 2. The van der Waals surface area contributed by atoms with E-state index in [1.807, 2.05) is 36.5 Å². The van der Waals surface area contributed by atoms with Gasteiger partial charge >= 0.3 is 0 Å². The van der Waals surface area contributed by atoms with Crippen LogP contribution in [-0.2, 0) is 11.3 Å². The third-order valence-electron chi connectivity index (χ3n) is 4.93. The summed E-state index contributed by atoms with van der Waals surface area (Å²) >= 11 is 6.37. The molecule has 3 N–H and O–H groups in total. The van der Waals surface area contributed by atoms with Crippen molar-refractivity contribution in [2.24, 2.45) is 0 Å². The first-order valence-corrected chi connectivity index (χ1v) is 9.69. The molecule has 0 aliphatic rings. The van der Waals surface area contributed by atoms with Crippen molar-refractivity contribution in [1.29, 1.82) is 0 Å². The molecule has 2 aromatic heterocycles. The lowest BCUT2D eigenvalue weighted by Crippen LogP contribution is -1.92. The quantitative estimate of drug-likeness (QED) is 0.325. The molecule has 0 unspecified atom stereocenters. The molecule has 2 heterocycles. The van der Waals surface area contributed by atoms with E-state index in [9.17, 15) is 0 Å². The molecule has 0 atom stereocenters. The summed E-state index contributed by atoms with van der Waals surface area (Å²) in [4.78, 5) is 11.2. The Morgan fingerprint density at radius 2 is 1.90 bits per heavy atom. The van der Waals surface area contributed by atoms with Gasteiger partial charge in [0, 0.05) is 29.9 Å². The van der Waals surface area contributed by atoms with E-state index in [0.717, 1.165) is 44.3 Å². The molecule has 0 saturated heterocycles. The fourth-order valence-corrected chi connectivity index (χ4v) is 3.87. The van der Waals surface area contributed by atoms with Gasteiger partial charge in [-0.25, -0.2) is 4.98 Å². The molecule has 5 nitrogen and oxygen atoms in total. The fourth-order valence-electron chi connectivity index (χ4n) is 3.59. The molecule has 0 radical (unpaired) electrons. The summed E-state index contributed by atoms with van der Waals surface area (Å²) in [5.41, 5.74) is 7.14. The minimum Gasteiger partial charge on any atom is -0.380 e. The summed E-state index contributed by atoms with van der Waals surface area (Å²) in [5.74, 6) is 0.673. The van der Waals surface area contributed by atoms with Crippen LogP contribution in [0.4, 0.5) is 11.6 Å². The van der Waals surface area contributed by atoms with E-state index in [1.165, 1.54) is 0 Å². The van der Waals surface area contributed by atoms with Gasteiger partial charge < -0.3 is 20.0 Å². The number of ether oxygens (including phenoxy) is 1. The van der Waals surface area contributed by atoms with E-state index in [2.05, 4.69) is 50.6 Å². The van der Waals surface area contributed by atoms with Gasteiger partial charge in [-0.1, -0.05) is 35.9 Å². The van der Waals surface area contributed by atoms with Gasteiger partial charge in [0.2, 0.25) is 5.95 Å². The van der Waals surface area contributed by atoms with Gasteiger partial charge in [0.15, 0.2) is 0 Å². The van der Waals surface area contributed by atoms with Gasteiger partial charge in [0.25, 0.3) is 0 Å². The smallest absolute Gasteiger partial charge is 0.205 e. The van der Waals surface area contributed by atoms with Crippen LogP contribution in [0.3, 0.4) is 0 Å². The average Bonchev–Trinajstić information content (AvgIpc) is 3.34. The van der Waals surface area contributed by atoms with Crippen LogP contribution in [0.15, 0.2) is 66.9 Å². The number of methoxy groups -OCH3 is 1. The Kier molecular flexibility index (Phi) is 4.46. The van der Waals surface area contributed by atoms with Crippen LogP contribution in [0.25, 0.3) is 33.1 Å². The number of hydrogen-bond donors (Lipinski definition) is 3. The predicted octanol–water partition coefficient (Wildman–Crippen LogP) is 6.25. The predicted molar refractivity (Wildman–Crippen MR) is 119 cm³/mol. The monoisotopic (exact) mass is 402 g/mol. The zero-order chi connectivity index (χ0) is 19.8. The third-order valence-corrected chi connectivity index (χ3v) is 5.25. The van der Waals surface area contributed by atoms with E-state index < -0.39 is 0 Å². The van der Waals surface area contributed by atoms with Crippen LogP contribution >= 0.6 is 11.6 Å². The van der Waals surface area contributed by atoms with E-state index in [-0.39, 0.29) is 0 Å². The Balaban J connectivity index is 1.46. The third kappa shape index (κ3) is 3.46. The van der Waals surface area contributed by atoms with E-state index >= 15 is 0 Å². The summed E-state index contributed by atoms with van der Waals surface area (Å²) in [7, 11) is 1.71. The number of imidazole rings is 1. The lowest BCUT2D eigenvalue weighted by Gasteiger charge is -2.05. The SMILES string of the molecule is COCc1cccc(-c2ccc3nc(Nc4cc(Cl)c5cc[nH]c5c4)[nH]c3c2)c1. The molecule has 0 saturated carbocycles. The fraction of sp³-hybridized carbons (Fsp3) is 0.0870. The number of halogens is 1. The van der Waals surface area contributed by atoms with Crippen molar-refractivity contribution in [2.45, 2.75) is 6.61 Å². The Labute approximate surface area is 172 Å². The highest BCUT2D eigenvalue weighted by molar-refractivity contribution is 6.35. The zero-order valence-corrected chi connectivity index (χ0v) is 16.5. The van der Waals surface area contributed by atoms with Crippen molar-refractivity contribution >= 4 is 45.2 Å². The lowest BCUT2D eigenvalue weighted by molar-refractivity contribution is 0.185. The molecule has 5 rings (SSSR count). The maximum absolute atomic E-state index is 6.37. The van der Waals surface area contributed by atoms with Crippen LogP contribution in [0.2, 0.25) is 5.02 Å². The van der Waals surface area contributed by atoms with Crippen LogP contribution in [-0.4, -0.2) is 22.1 Å². The zero-order valence-electron chi connectivity index (χ0n) is 15.8.